The van der Waals surface area contributed by atoms with Gasteiger partial charge in [-0.2, -0.15) is 0 Å². The highest BCUT2D eigenvalue weighted by atomic mass is 16.5. The molecule has 0 saturated heterocycles. The van der Waals surface area contributed by atoms with E-state index in [2.05, 4.69) is 20.8 Å². The van der Waals surface area contributed by atoms with E-state index in [1.54, 1.807) is 0 Å². The Morgan fingerprint density at radius 1 is 1.09 bits per heavy atom. The predicted molar refractivity (Wildman–Crippen MR) is 125 cm³/mol. The number of aliphatic hydroxyl groups excluding tert-OH is 3. The molecule has 1 unspecified atom stereocenters. The molecular formula is C27H46O6. The first kappa shape index (κ1) is 25.4. The van der Waals surface area contributed by atoms with Crippen molar-refractivity contribution in [1.29, 1.82) is 0 Å². The molecule has 3 N–H and O–H groups in total. The zero-order valence-electron chi connectivity index (χ0n) is 21.0. The van der Waals surface area contributed by atoms with Gasteiger partial charge >= 0.3 is 5.97 Å². The second kappa shape index (κ2) is 9.75. The summed E-state index contributed by atoms with van der Waals surface area (Å²) in [5.74, 6) is 1.85. The Morgan fingerprint density at radius 3 is 2.55 bits per heavy atom. The van der Waals surface area contributed by atoms with Crippen LogP contribution in [0.25, 0.3) is 0 Å². The maximum Gasteiger partial charge on any atom is 0.305 e. The van der Waals surface area contributed by atoms with Crippen LogP contribution < -0.4 is 0 Å². The van der Waals surface area contributed by atoms with Gasteiger partial charge in [-0.1, -0.05) is 20.8 Å². The number of esters is 1. The summed E-state index contributed by atoms with van der Waals surface area (Å²) in [4.78, 5) is 11.7. The average Bonchev–Trinajstić information content (AvgIpc) is 3.15. The van der Waals surface area contributed by atoms with Gasteiger partial charge in [-0.15, -0.1) is 0 Å². The van der Waals surface area contributed by atoms with E-state index in [0.717, 1.165) is 51.4 Å². The van der Waals surface area contributed by atoms with E-state index in [4.69, 9.17) is 14.6 Å². The van der Waals surface area contributed by atoms with Crippen LogP contribution in [-0.2, 0) is 14.3 Å². The summed E-state index contributed by atoms with van der Waals surface area (Å²) in [5, 5.41) is 32.3. The van der Waals surface area contributed by atoms with Crippen LogP contribution in [0.2, 0.25) is 0 Å². The maximum atomic E-state index is 11.7. The minimum atomic E-state index is -0.372. The lowest BCUT2D eigenvalue weighted by Crippen LogP contribution is -2.62. The summed E-state index contributed by atoms with van der Waals surface area (Å²) in [6, 6.07) is 0. The first-order valence-electron chi connectivity index (χ1n) is 13.3. The van der Waals surface area contributed by atoms with Crippen molar-refractivity contribution in [2.24, 2.45) is 46.3 Å². The number of carbonyl (C=O) groups excluding carboxylic acids is 1. The SMILES string of the molecule is COC(=O)CC[C@@H](C)C1CC[C@H]2[C@@H]3[C@H](O)C[C@@H]4C[C@@H](OCCO)CC[C@]4(C)[C@H]3C[C@H](O)[C@]12C. The van der Waals surface area contributed by atoms with Crippen molar-refractivity contribution in [3.8, 4) is 0 Å². The fraction of sp³-hybridized carbons (Fsp3) is 0.963. The first-order chi connectivity index (χ1) is 15.7. The standard InChI is InChI=1S/C27H46O6/c1-16(5-8-24(31)32-4)19-6-7-20-25-21(15-23(30)27(19,20)3)26(2)10-9-18(33-12-11-28)13-17(26)14-22(25)29/h16-23,25,28-30H,5-15H2,1-4H3/t16-,17+,18+,19?,20+,21+,22-,23+,25+,26+,27-/m1/s1. The van der Waals surface area contributed by atoms with Crippen molar-refractivity contribution in [2.75, 3.05) is 20.3 Å². The number of methoxy groups -OCH3 is 1. The molecule has 6 heteroatoms. The van der Waals surface area contributed by atoms with Gasteiger partial charge in [-0.3, -0.25) is 4.79 Å². The van der Waals surface area contributed by atoms with Crippen molar-refractivity contribution in [3.05, 3.63) is 0 Å². The van der Waals surface area contributed by atoms with E-state index < -0.39 is 0 Å². The molecule has 0 aliphatic heterocycles. The molecule has 4 aliphatic rings. The minimum absolute atomic E-state index is 0.0530. The summed E-state index contributed by atoms with van der Waals surface area (Å²) < 4.78 is 10.7. The highest BCUT2D eigenvalue weighted by Gasteiger charge is 2.65. The van der Waals surface area contributed by atoms with Gasteiger partial charge < -0.3 is 24.8 Å². The van der Waals surface area contributed by atoms with Gasteiger partial charge in [0.05, 0.1) is 38.6 Å². The van der Waals surface area contributed by atoms with Crippen LogP contribution in [0.15, 0.2) is 0 Å². The van der Waals surface area contributed by atoms with Gasteiger partial charge in [-0.25, -0.2) is 0 Å². The Bertz CT molecular complexity index is 698. The molecule has 11 atom stereocenters. The van der Waals surface area contributed by atoms with Gasteiger partial charge in [0.1, 0.15) is 0 Å². The summed E-state index contributed by atoms with van der Waals surface area (Å²) >= 11 is 0. The van der Waals surface area contributed by atoms with Gasteiger partial charge in [0.25, 0.3) is 0 Å². The first-order valence-corrected chi connectivity index (χ1v) is 13.3. The number of carbonyl (C=O) groups is 1. The van der Waals surface area contributed by atoms with E-state index in [0.29, 0.717) is 42.6 Å². The Hall–Kier alpha value is -0.690. The quantitative estimate of drug-likeness (QED) is 0.497. The summed E-state index contributed by atoms with van der Waals surface area (Å²) in [5.41, 5.74) is -0.0812. The number of hydrogen-bond acceptors (Lipinski definition) is 6. The van der Waals surface area contributed by atoms with Crippen molar-refractivity contribution in [1.82, 2.24) is 0 Å². The second-order valence-corrected chi connectivity index (χ2v) is 12.2. The van der Waals surface area contributed by atoms with Crippen LogP contribution in [0.3, 0.4) is 0 Å². The largest absolute Gasteiger partial charge is 0.469 e. The Kier molecular flexibility index (Phi) is 7.51. The van der Waals surface area contributed by atoms with E-state index in [-0.39, 0.29) is 47.6 Å². The van der Waals surface area contributed by atoms with Crippen molar-refractivity contribution in [2.45, 2.75) is 96.9 Å². The summed E-state index contributed by atoms with van der Waals surface area (Å²) in [7, 11) is 1.44. The number of rotatable bonds is 7. The summed E-state index contributed by atoms with van der Waals surface area (Å²) in [6.45, 7) is 7.34. The maximum absolute atomic E-state index is 11.7. The molecule has 0 spiro atoms. The third-order valence-corrected chi connectivity index (χ3v) is 11.0. The molecule has 0 radical (unpaired) electrons. The Labute approximate surface area is 199 Å². The normalized spacial score (nSPS) is 47.8. The molecular weight excluding hydrogens is 420 g/mol. The third-order valence-electron chi connectivity index (χ3n) is 11.0. The van der Waals surface area contributed by atoms with Crippen molar-refractivity contribution in [3.63, 3.8) is 0 Å². The molecule has 0 amide bonds. The van der Waals surface area contributed by atoms with Crippen LogP contribution >= 0.6 is 0 Å². The highest BCUT2D eigenvalue weighted by molar-refractivity contribution is 5.69. The van der Waals surface area contributed by atoms with Crippen LogP contribution in [0.5, 0.6) is 0 Å². The fourth-order valence-corrected chi connectivity index (χ4v) is 9.13. The lowest BCUT2D eigenvalue weighted by Gasteiger charge is -2.63. The molecule has 6 nitrogen and oxygen atoms in total. The molecule has 0 aromatic rings. The van der Waals surface area contributed by atoms with Crippen LogP contribution in [0.4, 0.5) is 0 Å². The smallest absolute Gasteiger partial charge is 0.305 e. The van der Waals surface area contributed by atoms with Gasteiger partial charge in [0.15, 0.2) is 0 Å². The Morgan fingerprint density at radius 2 is 1.85 bits per heavy atom. The van der Waals surface area contributed by atoms with E-state index in [1.165, 1.54) is 7.11 Å². The van der Waals surface area contributed by atoms with Crippen LogP contribution in [0, 0.1) is 46.3 Å². The molecule has 0 aromatic heterocycles. The van der Waals surface area contributed by atoms with Crippen molar-refractivity contribution >= 4 is 5.97 Å². The van der Waals surface area contributed by atoms with E-state index in [1.807, 2.05) is 0 Å². The number of ether oxygens (including phenoxy) is 2. The molecule has 0 bridgehead atoms. The molecule has 4 aliphatic carbocycles. The monoisotopic (exact) mass is 466 g/mol. The van der Waals surface area contributed by atoms with E-state index >= 15 is 0 Å². The number of hydrogen-bond donors (Lipinski definition) is 3. The molecule has 4 fully saturated rings. The van der Waals surface area contributed by atoms with Crippen LogP contribution in [-0.4, -0.2) is 59.9 Å². The molecule has 190 valence electrons. The van der Waals surface area contributed by atoms with Crippen molar-refractivity contribution < 1.29 is 29.6 Å². The number of aliphatic hydroxyl groups is 3. The number of fused-ring (bicyclic) bond motifs is 5. The average molecular weight is 467 g/mol. The zero-order chi connectivity index (χ0) is 24.0. The van der Waals surface area contributed by atoms with E-state index in [9.17, 15) is 15.0 Å². The zero-order valence-corrected chi connectivity index (χ0v) is 21.0. The fourth-order valence-electron chi connectivity index (χ4n) is 9.13. The summed E-state index contributed by atoms with van der Waals surface area (Å²) in [6.07, 6.45) is 7.41. The molecule has 33 heavy (non-hydrogen) atoms. The predicted octanol–water partition coefficient (Wildman–Crippen LogP) is 3.55. The molecule has 4 saturated carbocycles. The van der Waals surface area contributed by atoms with Crippen LogP contribution in [0.1, 0.15) is 78.6 Å². The lowest BCUT2D eigenvalue weighted by molar-refractivity contribution is -0.209. The highest BCUT2D eigenvalue weighted by Crippen LogP contribution is 2.68. The lowest BCUT2D eigenvalue weighted by atomic mass is 9.43. The minimum Gasteiger partial charge on any atom is -0.469 e. The van der Waals surface area contributed by atoms with Gasteiger partial charge in [-0.05, 0) is 97.7 Å². The van der Waals surface area contributed by atoms with Gasteiger partial charge in [0.2, 0.25) is 0 Å². The molecule has 0 heterocycles. The Balaban J connectivity index is 1.52. The second-order valence-electron chi connectivity index (χ2n) is 12.2. The molecule has 4 rings (SSSR count). The third kappa shape index (κ3) is 4.28. The topological polar surface area (TPSA) is 96.2 Å². The molecule has 0 aromatic carbocycles. The van der Waals surface area contributed by atoms with Gasteiger partial charge in [0, 0.05) is 6.42 Å².